The summed E-state index contributed by atoms with van der Waals surface area (Å²) in [5.41, 5.74) is 1.11. The Hall–Kier alpha value is -4.81. The zero-order valence-electron chi connectivity index (χ0n) is 31.9. The van der Waals surface area contributed by atoms with Gasteiger partial charge in [-0.05, 0) is 80.0 Å². The second-order valence-corrected chi connectivity index (χ2v) is 20.3. The number of sulfone groups is 1. The number of H-pyrrole nitrogens is 1. The molecule has 4 aliphatic rings. The quantitative estimate of drug-likeness (QED) is 0.126. The lowest BCUT2D eigenvalue weighted by Gasteiger charge is -2.56. The van der Waals surface area contributed by atoms with Gasteiger partial charge in [-0.25, -0.2) is 31.5 Å². The maximum absolute atomic E-state index is 13.8. The number of carbonyl (C=O) groups is 1. The molecule has 8 rings (SSSR count). The number of hydrogen-bond donors (Lipinski definition) is 3. The molecular weight excluding hydrogens is 773 g/mol. The van der Waals surface area contributed by atoms with Crippen molar-refractivity contribution in [3.8, 4) is 11.5 Å². The molecule has 0 unspecified atom stereocenters. The number of nitro groups is 1. The van der Waals surface area contributed by atoms with Gasteiger partial charge in [-0.15, -0.1) is 0 Å². The van der Waals surface area contributed by atoms with Gasteiger partial charge in [-0.1, -0.05) is 19.8 Å². The average Bonchev–Trinajstić information content (AvgIpc) is 3.65. The van der Waals surface area contributed by atoms with Crippen LogP contribution in [-0.2, 0) is 19.9 Å². The number of sulfonamides is 1. The lowest BCUT2D eigenvalue weighted by molar-refractivity contribution is -0.384. The number of fused-ring (bicyclic) bond motifs is 1. The SMILES string of the molecule is CC1CCC(CNc2ncc(S(=O)(=O)NC(=O)c3ccc(N4CCC5(CC4)CC(N4CCS(=O)(=O)CC4)C5)cc3Oc3cnc4[nH]ccc4c3)cc2[N+](=O)[O-])CC1. The van der Waals surface area contributed by atoms with E-state index >= 15 is 0 Å². The minimum absolute atomic E-state index is 0.0245. The highest BCUT2D eigenvalue weighted by molar-refractivity contribution is 7.91. The lowest BCUT2D eigenvalue weighted by atomic mass is 9.60. The number of pyridine rings is 2. The Morgan fingerprint density at radius 1 is 1.02 bits per heavy atom. The summed E-state index contributed by atoms with van der Waals surface area (Å²) >= 11 is 0. The van der Waals surface area contributed by atoms with Crippen LogP contribution >= 0.6 is 0 Å². The van der Waals surface area contributed by atoms with Gasteiger partial charge in [-0.2, -0.15) is 0 Å². The van der Waals surface area contributed by atoms with Crippen LogP contribution in [0.1, 0.15) is 68.6 Å². The summed E-state index contributed by atoms with van der Waals surface area (Å²) in [6, 6.07) is 9.92. The number of amides is 1. The maximum atomic E-state index is 13.8. The molecule has 4 fully saturated rings. The Morgan fingerprint density at radius 3 is 2.47 bits per heavy atom. The third-order valence-electron chi connectivity index (χ3n) is 12.5. The number of nitrogens with zero attached hydrogens (tertiary/aromatic N) is 5. The summed E-state index contributed by atoms with van der Waals surface area (Å²) in [5, 5.41) is 15.9. The minimum atomic E-state index is -4.60. The van der Waals surface area contributed by atoms with E-state index in [9.17, 15) is 31.7 Å². The molecule has 2 saturated heterocycles. The Labute approximate surface area is 331 Å². The van der Waals surface area contributed by atoms with Crippen LogP contribution in [0.3, 0.4) is 0 Å². The first-order chi connectivity index (χ1) is 27.2. The van der Waals surface area contributed by atoms with E-state index < -0.39 is 41.3 Å². The van der Waals surface area contributed by atoms with Crippen molar-refractivity contribution in [2.75, 3.05) is 54.4 Å². The van der Waals surface area contributed by atoms with Crippen LogP contribution in [0, 0.1) is 27.4 Å². The largest absolute Gasteiger partial charge is 0.455 e. The van der Waals surface area contributed by atoms with Gasteiger partial charge >= 0.3 is 5.69 Å². The molecule has 2 aliphatic heterocycles. The highest BCUT2D eigenvalue weighted by Crippen LogP contribution is 2.51. The summed E-state index contributed by atoms with van der Waals surface area (Å²) in [7, 11) is -7.52. The molecule has 4 aromatic rings. The van der Waals surface area contributed by atoms with Crippen LogP contribution in [0.25, 0.3) is 11.0 Å². The fourth-order valence-corrected chi connectivity index (χ4v) is 11.0. The fourth-order valence-electron chi connectivity index (χ4n) is 8.89. The molecule has 18 heteroatoms. The van der Waals surface area contributed by atoms with E-state index in [-0.39, 0.29) is 34.1 Å². The third-order valence-corrected chi connectivity index (χ3v) is 15.4. The highest BCUT2D eigenvalue weighted by Gasteiger charge is 2.48. The second-order valence-electron chi connectivity index (χ2n) is 16.3. The molecule has 304 valence electrons. The van der Waals surface area contributed by atoms with Gasteiger partial charge in [0.25, 0.3) is 15.9 Å². The molecule has 5 heterocycles. The number of aromatic nitrogens is 3. The summed E-state index contributed by atoms with van der Waals surface area (Å²) < 4.78 is 59.3. The standard InChI is InChI=1S/C39H48N8O8S2/c1-26-2-4-27(5-3-26)23-41-37-34(47(49)50)20-32(25-43-37)57(53,54)44-38(48)33-7-6-29(19-35(33)55-31-18-28-8-11-40-36(28)42-24-31)45-12-9-39(10-13-45)21-30(22-39)46-14-16-56(51,52)17-15-46/h6-8,11,18-20,24-27,30H,2-5,9-10,12-17,21-23H2,1H3,(H,40,42)(H,41,43)(H,44,48). The highest BCUT2D eigenvalue weighted by atomic mass is 32.2. The average molecular weight is 821 g/mol. The van der Waals surface area contributed by atoms with E-state index in [0.29, 0.717) is 48.9 Å². The topological polar surface area (TPSA) is 210 Å². The van der Waals surface area contributed by atoms with E-state index in [4.69, 9.17) is 4.74 Å². The number of nitrogens with one attached hydrogen (secondary N) is 3. The van der Waals surface area contributed by atoms with E-state index in [2.05, 4.69) is 41.7 Å². The van der Waals surface area contributed by atoms with Crippen molar-refractivity contribution in [1.82, 2.24) is 24.6 Å². The summed E-state index contributed by atoms with van der Waals surface area (Å²) in [6.07, 6.45) is 12.5. The number of carbonyl (C=O) groups excluding carboxylic acids is 1. The molecule has 1 amide bonds. The molecular formula is C39H48N8O8S2. The molecule has 1 spiro atoms. The van der Waals surface area contributed by atoms with Gasteiger partial charge in [0.15, 0.2) is 9.84 Å². The first-order valence-electron chi connectivity index (χ1n) is 19.6. The molecule has 2 saturated carbocycles. The number of hydrogen-bond acceptors (Lipinski definition) is 13. The van der Waals surface area contributed by atoms with Crippen LogP contribution in [0.15, 0.2) is 59.9 Å². The number of ether oxygens (including phenoxy) is 1. The molecule has 3 N–H and O–H groups in total. The maximum Gasteiger partial charge on any atom is 0.312 e. The lowest BCUT2D eigenvalue weighted by Crippen LogP contribution is -2.57. The number of anilines is 2. The van der Waals surface area contributed by atoms with Gasteiger partial charge in [0.2, 0.25) is 5.82 Å². The van der Waals surface area contributed by atoms with E-state index in [1.807, 2.05) is 6.07 Å². The molecule has 0 atom stereocenters. The zero-order valence-corrected chi connectivity index (χ0v) is 33.5. The van der Waals surface area contributed by atoms with Crippen molar-refractivity contribution in [3.05, 3.63) is 70.7 Å². The Bertz CT molecular complexity index is 2370. The molecule has 0 bridgehead atoms. The van der Waals surface area contributed by atoms with Crippen molar-refractivity contribution in [1.29, 1.82) is 0 Å². The number of aromatic amines is 1. The predicted molar refractivity (Wildman–Crippen MR) is 215 cm³/mol. The van der Waals surface area contributed by atoms with Gasteiger partial charge < -0.3 is 19.9 Å². The Morgan fingerprint density at radius 2 is 1.75 bits per heavy atom. The van der Waals surface area contributed by atoms with Crippen molar-refractivity contribution < 1.29 is 31.3 Å². The molecule has 3 aromatic heterocycles. The summed E-state index contributed by atoms with van der Waals surface area (Å²) in [5.74, 6) is 0.902. The fraction of sp³-hybridized carbons (Fsp3) is 0.513. The first-order valence-corrected chi connectivity index (χ1v) is 23.0. The van der Waals surface area contributed by atoms with E-state index in [1.165, 1.54) is 12.3 Å². The number of rotatable bonds is 11. The zero-order chi connectivity index (χ0) is 40.0. The van der Waals surface area contributed by atoms with Crippen molar-refractivity contribution in [2.45, 2.75) is 69.2 Å². The predicted octanol–water partition coefficient (Wildman–Crippen LogP) is 5.49. The van der Waals surface area contributed by atoms with E-state index in [1.54, 1.807) is 24.4 Å². The first kappa shape index (κ1) is 39.0. The minimum Gasteiger partial charge on any atom is -0.455 e. The molecule has 57 heavy (non-hydrogen) atoms. The Balaban J connectivity index is 0.979. The molecule has 2 aliphatic carbocycles. The van der Waals surface area contributed by atoms with Crippen LogP contribution in [-0.4, -0.2) is 97.8 Å². The third kappa shape index (κ3) is 8.57. The normalized spacial score (nSPS) is 22.5. The molecule has 1 aromatic carbocycles. The van der Waals surface area contributed by atoms with Crippen LogP contribution in [0.5, 0.6) is 11.5 Å². The smallest absolute Gasteiger partial charge is 0.312 e. The number of piperidine rings is 1. The van der Waals surface area contributed by atoms with Crippen molar-refractivity contribution in [2.24, 2.45) is 17.3 Å². The van der Waals surface area contributed by atoms with Gasteiger partial charge in [0.05, 0.1) is 34.4 Å². The van der Waals surface area contributed by atoms with Gasteiger partial charge in [-0.3, -0.25) is 19.8 Å². The van der Waals surface area contributed by atoms with Crippen LogP contribution in [0.4, 0.5) is 17.2 Å². The van der Waals surface area contributed by atoms with Crippen LogP contribution in [0.2, 0.25) is 0 Å². The Kier molecular flexibility index (Phi) is 10.6. The van der Waals surface area contributed by atoms with Crippen LogP contribution < -0.4 is 19.7 Å². The van der Waals surface area contributed by atoms with Gasteiger partial charge in [0.1, 0.15) is 22.0 Å². The summed E-state index contributed by atoms with van der Waals surface area (Å²) in [6.45, 7) is 5.45. The van der Waals surface area contributed by atoms with E-state index in [0.717, 1.165) is 87.8 Å². The summed E-state index contributed by atoms with van der Waals surface area (Å²) in [4.78, 5) is 40.7. The molecule has 16 nitrogen and oxygen atoms in total. The second kappa shape index (κ2) is 15.5. The number of benzene rings is 1. The van der Waals surface area contributed by atoms with Crippen molar-refractivity contribution >= 4 is 54.0 Å². The molecule has 0 radical (unpaired) electrons. The van der Waals surface area contributed by atoms with Gasteiger partial charge in [0, 0.05) is 68.2 Å². The van der Waals surface area contributed by atoms with Crippen molar-refractivity contribution in [3.63, 3.8) is 0 Å². The monoisotopic (exact) mass is 820 g/mol.